The third kappa shape index (κ3) is 3.02. The molecule has 2 amide bonds. The molecule has 1 aliphatic rings. The van der Waals surface area contributed by atoms with Crippen LogP contribution < -0.4 is 10.2 Å². The third-order valence-corrected chi connectivity index (χ3v) is 3.87. The van der Waals surface area contributed by atoms with E-state index in [0.29, 0.717) is 0 Å². The van der Waals surface area contributed by atoms with Crippen LogP contribution in [-0.4, -0.2) is 12.1 Å². The van der Waals surface area contributed by atoms with Gasteiger partial charge >= 0.3 is 12.2 Å². The molecule has 3 rings (SSSR count). The lowest BCUT2D eigenvalue weighted by atomic mass is 10.1. The van der Waals surface area contributed by atoms with Crippen LogP contribution in [0, 0.1) is 0 Å². The first-order valence-electron chi connectivity index (χ1n) is 7.21. The van der Waals surface area contributed by atoms with Crippen LogP contribution in [0.5, 0.6) is 0 Å². The van der Waals surface area contributed by atoms with Gasteiger partial charge in [0.25, 0.3) is 0 Å². The minimum Gasteiger partial charge on any atom is -0.308 e. The number of nitrogens with zero attached hydrogens (tertiary/aromatic N) is 1. The van der Waals surface area contributed by atoms with Crippen LogP contribution in [0.25, 0.3) is 0 Å². The zero-order valence-electron chi connectivity index (χ0n) is 12.4. The zero-order valence-corrected chi connectivity index (χ0v) is 12.4. The molecule has 1 atom stereocenters. The first-order chi connectivity index (χ1) is 10.9. The predicted molar refractivity (Wildman–Crippen MR) is 82.5 cm³/mol. The van der Waals surface area contributed by atoms with Crippen molar-refractivity contribution >= 4 is 17.4 Å². The van der Waals surface area contributed by atoms with Gasteiger partial charge < -0.3 is 5.32 Å². The van der Waals surface area contributed by atoms with Crippen LogP contribution in [0.2, 0.25) is 0 Å². The Morgan fingerprint density at radius 1 is 1.17 bits per heavy atom. The van der Waals surface area contributed by atoms with Crippen LogP contribution in [0.1, 0.15) is 18.1 Å². The van der Waals surface area contributed by atoms with Gasteiger partial charge in [0.15, 0.2) is 0 Å². The monoisotopic (exact) mass is 320 g/mol. The molecule has 0 fully saturated rings. The molecule has 0 unspecified atom stereocenters. The number of nitrogens with one attached hydrogen (secondary N) is 1. The average Bonchev–Trinajstić information content (AvgIpc) is 2.82. The maximum atomic E-state index is 12.7. The number of halogens is 3. The third-order valence-electron chi connectivity index (χ3n) is 3.87. The van der Waals surface area contributed by atoms with Gasteiger partial charge in [-0.05, 0) is 43.2 Å². The van der Waals surface area contributed by atoms with Gasteiger partial charge in [0.2, 0.25) is 0 Å². The van der Waals surface area contributed by atoms with E-state index in [2.05, 4.69) is 5.32 Å². The second-order valence-electron chi connectivity index (χ2n) is 5.56. The first kappa shape index (κ1) is 15.4. The Labute approximate surface area is 131 Å². The van der Waals surface area contributed by atoms with Crippen LogP contribution in [0.3, 0.4) is 0 Å². The number of carbonyl (C=O) groups is 1. The lowest BCUT2D eigenvalue weighted by Crippen LogP contribution is -2.39. The van der Waals surface area contributed by atoms with Gasteiger partial charge in [-0.1, -0.05) is 24.3 Å². The summed E-state index contributed by atoms with van der Waals surface area (Å²) >= 11 is 0. The van der Waals surface area contributed by atoms with Gasteiger partial charge in [0.05, 0.1) is 5.56 Å². The van der Waals surface area contributed by atoms with Gasteiger partial charge in [-0.2, -0.15) is 13.2 Å². The Kier molecular flexibility index (Phi) is 3.75. The highest BCUT2D eigenvalue weighted by atomic mass is 19.4. The molecule has 6 heteroatoms. The van der Waals surface area contributed by atoms with Crippen molar-refractivity contribution in [2.24, 2.45) is 0 Å². The molecule has 0 saturated heterocycles. The number of fused-ring (bicyclic) bond motifs is 1. The van der Waals surface area contributed by atoms with Gasteiger partial charge in [0, 0.05) is 17.4 Å². The van der Waals surface area contributed by atoms with Crippen LogP contribution in [-0.2, 0) is 12.6 Å². The minimum atomic E-state index is -4.44. The largest absolute Gasteiger partial charge is 0.416 e. The number of para-hydroxylation sites is 1. The van der Waals surface area contributed by atoms with Crippen molar-refractivity contribution in [2.75, 3.05) is 10.2 Å². The van der Waals surface area contributed by atoms with Gasteiger partial charge in [-0.15, -0.1) is 0 Å². The first-order valence-corrected chi connectivity index (χ1v) is 7.21. The molecular weight excluding hydrogens is 305 g/mol. The van der Waals surface area contributed by atoms with Crippen molar-refractivity contribution in [1.82, 2.24) is 0 Å². The summed E-state index contributed by atoms with van der Waals surface area (Å²) < 4.78 is 38.2. The van der Waals surface area contributed by atoms with Gasteiger partial charge in [-0.3, -0.25) is 4.90 Å². The molecule has 0 saturated carbocycles. The van der Waals surface area contributed by atoms with Crippen molar-refractivity contribution < 1.29 is 18.0 Å². The van der Waals surface area contributed by atoms with E-state index >= 15 is 0 Å². The normalized spacial score (nSPS) is 17.0. The smallest absolute Gasteiger partial charge is 0.308 e. The SMILES string of the molecule is C[C@@H]1Cc2ccccc2N1C(=O)Nc1cccc(C(F)(F)F)c1. The lowest BCUT2D eigenvalue weighted by Gasteiger charge is -2.23. The maximum Gasteiger partial charge on any atom is 0.416 e. The van der Waals surface area contributed by atoms with E-state index in [1.807, 2.05) is 31.2 Å². The average molecular weight is 320 g/mol. The van der Waals surface area contributed by atoms with Crippen molar-refractivity contribution in [3.63, 3.8) is 0 Å². The molecular formula is C17H15F3N2O. The predicted octanol–water partition coefficient (Wildman–Crippen LogP) is 4.69. The van der Waals surface area contributed by atoms with Gasteiger partial charge in [0.1, 0.15) is 0 Å². The summed E-state index contributed by atoms with van der Waals surface area (Å²) in [6.07, 6.45) is -3.71. The second kappa shape index (κ2) is 5.61. The summed E-state index contributed by atoms with van der Waals surface area (Å²) in [6, 6.07) is 11.7. The standard InChI is InChI=1S/C17H15F3N2O/c1-11-9-12-5-2-3-8-15(12)22(11)16(23)21-14-7-4-6-13(10-14)17(18,19)20/h2-8,10-11H,9H2,1H3,(H,21,23)/t11-/m1/s1. The number of hydrogen-bond acceptors (Lipinski definition) is 1. The van der Waals surface area contributed by atoms with Crippen molar-refractivity contribution in [2.45, 2.75) is 25.6 Å². The number of carbonyl (C=O) groups excluding carboxylic acids is 1. The Balaban J connectivity index is 1.83. The number of urea groups is 1. The van der Waals surface area contributed by atoms with E-state index in [1.165, 1.54) is 12.1 Å². The number of benzene rings is 2. The summed E-state index contributed by atoms with van der Waals surface area (Å²) in [7, 11) is 0. The molecule has 1 N–H and O–H groups in total. The van der Waals surface area contributed by atoms with E-state index in [-0.39, 0.29) is 11.7 Å². The van der Waals surface area contributed by atoms with E-state index in [9.17, 15) is 18.0 Å². The molecule has 1 aliphatic heterocycles. The van der Waals surface area contributed by atoms with Crippen LogP contribution in [0.15, 0.2) is 48.5 Å². The van der Waals surface area contributed by atoms with Gasteiger partial charge in [-0.25, -0.2) is 4.79 Å². The van der Waals surface area contributed by atoms with Crippen LogP contribution in [0.4, 0.5) is 29.3 Å². The number of alkyl halides is 3. The number of hydrogen-bond donors (Lipinski definition) is 1. The van der Waals surface area contributed by atoms with E-state index < -0.39 is 17.8 Å². The highest BCUT2D eigenvalue weighted by Gasteiger charge is 2.32. The molecule has 2 aromatic rings. The van der Waals surface area contributed by atoms with E-state index in [1.54, 1.807) is 4.90 Å². The molecule has 0 radical (unpaired) electrons. The summed E-state index contributed by atoms with van der Waals surface area (Å²) in [4.78, 5) is 14.1. The molecule has 23 heavy (non-hydrogen) atoms. The molecule has 3 nitrogen and oxygen atoms in total. The molecule has 0 aromatic heterocycles. The number of amides is 2. The molecule has 0 aliphatic carbocycles. The highest BCUT2D eigenvalue weighted by molar-refractivity contribution is 6.03. The fourth-order valence-corrected chi connectivity index (χ4v) is 2.83. The fourth-order valence-electron chi connectivity index (χ4n) is 2.83. The highest BCUT2D eigenvalue weighted by Crippen LogP contribution is 2.33. The molecule has 120 valence electrons. The van der Waals surface area contributed by atoms with Crippen molar-refractivity contribution in [3.8, 4) is 0 Å². The van der Waals surface area contributed by atoms with Crippen molar-refractivity contribution in [1.29, 1.82) is 0 Å². The molecule has 0 bridgehead atoms. The Hall–Kier alpha value is -2.50. The maximum absolute atomic E-state index is 12.7. The summed E-state index contributed by atoms with van der Waals surface area (Å²) in [5.41, 5.74) is 1.19. The summed E-state index contributed by atoms with van der Waals surface area (Å²) in [5, 5.41) is 2.55. The fraction of sp³-hybridized carbons (Fsp3) is 0.235. The Morgan fingerprint density at radius 2 is 1.91 bits per heavy atom. The van der Waals surface area contributed by atoms with E-state index in [4.69, 9.17) is 0 Å². The summed E-state index contributed by atoms with van der Waals surface area (Å²) in [5.74, 6) is 0. The molecule has 2 aromatic carbocycles. The van der Waals surface area contributed by atoms with Crippen molar-refractivity contribution in [3.05, 3.63) is 59.7 Å². The summed E-state index contributed by atoms with van der Waals surface area (Å²) in [6.45, 7) is 1.91. The quantitative estimate of drug-likeness (QED) is 0.812. The minimum absolute atomic E-state index is 0.0433. The topological polar surface area (TPSA) is 32.3 Å². The zero-order chi connectivity index (χ0) is 16.6. The van der Waals surface area contributed by atoms with Crippen LogP contribution >= 0.6 is 0 Å². The number of anilines is 2. The van der Waals surface area contributed by atoms with E-state index in [0.717, 1.165) is 29.8 Å². The lowest BCUT2D eigenvalue weighted by molar-refractivity contribution is -0.137. The number of rotatable bonds is 1. The second-order valence-corrected chi connectivity index (χ2v) is 5.56. The molecule has 0 spiro atoms. The Bertz CT molecular complexity index is 743. The Morgan fingerprint density at radius 3 is 2.65 bits per heavy atom. The molecule has 1 heterocycles.